The molecule has 2 aliphatic rings. The minimum atomic E-state index is -4.39. The third kappa shape index (κ3) is 3.01. The van der Waals surface area contributed by atoms with Gasteiger partial charge in [-0.25, -0.2) is 0 Å². The first-order valence-electron chi connectivity index (χ1n) is 6.49. The molecule has 2 saturated heterocycles. The Hall–Kier alpha value is -1.27. The number of hydrogen-bond donors (Lipinski definition) is 0. The summed E-state index contributed by atoms with van der Waals surface area (Å²) < 4.78 is 43.9. The average Bonchev–Trinajstić information content (AvgIpc) is 2.30. The number of halogens is 3. The summed E-state index contributed by atoms with van der Waals surface area (Å²) in [5.74, 6) is 0. The second kappa shape index (κ2) is 5.18. The predicted molar refractivity (Wildman–Crippen MR) is 74.7 cm³/mol. The third-order valence-electron chi connectivity index (χ3n) is 3.82. The lowest BCUT2D eigenvalue weighted by atomic mass is 9.78. The van der Waals surface area contributed by atoms with Crippen molar-refractivity contribution in [2.45, 2.75) is 12.7 Å². The molecule has 2 aliphatic heterocycles. The second-order valence-electron chi connectivity index (χ2n) is 5.73. The molecule has 0 atom stereocenters. The fourth-order valence-corrected chi connectivity index (χ4v) is 3.00. The molecule has 0 aliphatic carbocycles. The summed E-state index contributed by atoms with van der Waals surface area (Å²) in [6.45, 7) is 3.73. The first-order chi connectivity index (χ1) is 9.90. The largest absolute Gasteiger partial charge is 0.416 e. The number of likely N-dealkylation sites (tertiary alicyclic amines) is 1. The van der Waals surface area contributed by atoms with Crippen molar-refractivity contribution in [3.63, 3.8) is 0 Å². The highest BCUT2D eigenvalue weighted by Gasteiger charge is 2.48. The van der Waals surface area contributed by atoms with E-state index in [9.17, 15) is 13.2 Å². The lowest BCUT2D eigenvalue weighted by molar-refractivity contribution is -0.191. The summed E-state index contributed by atoms with van der Waals surface area (Å²) in [6.07, 6.45) is -4.39. The number of nitrogens with zero attached hydrogens (tertiary/aromatic N) is 2. The predicted octanol–water partition coefficient (Wildman–Crippen LogP) is 3.27. The van der Waals surface area contributed by atoms with Crippen LogP contribution in [-0.2, 0) is 17.5 Å². The molecule has 0 radical (unpaired) electrons. The number of hydrogen-bond acceptors (Lipinski definition) is 4. The molecule has 0 bridgehead atoms. The lowest BCUT2D eigenvalue weighted by Crippen LogP contribution is -2.65. The molecule has 2 heterocycles. The zero-order chi connectivity index (χ0) is 15.1. The first-order valence-corrected chi connectivity index (χ1v) is 6.90. The molecule has 21 heavy (non-hydrogen) atoms. The number of rotatable bonds is 3. The molecule has 3 nitrogen and oxygen atoms in total. The summed E-state index contributed by atoms with van der Waals surface area (Å²) in [5, 5.41) is 2.11. The van der Waals surface area contributed by atoms with Crippen LogP contribution in [-0.4, -0.2) is 36.4 Å². The van der Waals surface area contributed by atoms with E-state index in [4.69, 9.17) is 4.74 Å². The molecule has 2 fully saturated rings. The number of benzene rings is 1. The normalized spacial score (nSPS) is 20.5. The van der Waals surface area contributed by atoms with Gasteiger partial charge in [0.1, 0.15) is 0 Å². The van der Waals surface area contributed by atoms with E-state index in [0.717, 1.165) is 32.4 Å². The Morgan fingerprint density at radius 3 is 2.52 bits per heavy atom. The molecule has 0 aromatic heterocycles. The van der Waals surface area contributed by atoms with Crippen LogP contribution in [0.4, 0.5) is 18.9 Å². The summed E-state index contributed by atoms with van der Waals surface area (Å²) in [6, 6.07) is 3.78. The maximum absolute atomic E-state index is 12.9. The van der Waals surface area contributed by atoms with Crippen molar-refractivity contribution in [3.05, 3.63) is 29.3 Å². The highest BCUT2D eigenvalue weighted by atomic mass is 32.1. The van der Waals surface area contributed by atoms with E-state index >= 15 is 0 Å². The van der Waals surface area contributed by atoms with Crippen molar-refractivity contribution in [3.8, 4) is 0 Å². The highest BCUT2D eigenvalue weighted by Crippen LogP contribution is 2.39. The van der Waals surface area contributed by atoms with Crippen LogP contribution in [0, 0.1) is 5.41 Å². The summed E-state index contributed by atoms with van der Waals surface area (Å²) in [7, 11) is 0. The summed E-state index contributed by atoms with van der Waals surface area (Å²) in [4.78, 5) is 5.79. The van der Waals surface area contributed by atoms with Gasteiger partial charge in [0.05, 0.1) is 29.6 Å². The minimum Gasteiger partial charge on any atom is -0.380 e. The molecule has 0 N–H and O–H groups in total. The zero-order valence-electron chi connectivity index (χ0n) is 11.1. The van der Waals surface area contributed by atoms with E-state index in [0.29, 0.717) is 12.1 Å². The summed E-state index contributed by atoms with van der Waals surface area (Å²) in [5.41, 5.74) is 0.323. The van der Waals surface area contributed by atoms with Crippen molar-refractivity contribution in [1.82, 2.24) is 4.90 Å². The maximum Gasteiger partial charge on any atom is 0.416 e. The molecule has 1 spiro atoms. The van der Waals surface area contributed by atoms with Crippen LogP contribution >= 0.6 is 12.2 Å². The first kappa shape index (κ1) is 14.7. The molecule has 0 saturated carbocycles. The summed E-state index contributed by atoms with van der Waals surface area (Å²) >= 11 is 4.47. The van der Waals surface area contributed by atoms with Crippen molar-refractivity contribution in [2.75, 3.05) is 26.3 Å². The molecular weight excluding hydrogens is 301 g/mol. The van der Waals surface area contributed by atoms with E-state index in [1.165, 1.54) is 6.07 Å². The van der Waals surface area contributed by atoms with Crippen molar-refractivity contribution < 1.29 is 17.9 Å². The Bertz CT molecular complexity index is 599. The number of ether oxygens (including phenoxy) is 1. The zero-order valence-corrected chi connectivity index (χ0v) is 11.9. The van der Waals surface area contributed by atoms with Gasteiger partial charge in [-0.1, -0.05) is 0 Å². The van der Waals surface area contributed by atoms with Gasteiger partial charge in [0.25, 0.3) is 0 Å². The van der Waals surface area contributed by atoms with E-state index in [1.54, 1.807) is 6.07 Å². The molecule has 0 unspecified atom stereocenters. The molecular formula is C14H13F3N2OS. The van der Waals surface area contributed by atoms with E-state index in [2.05, 4.69) is 27.3 Å². The van der Waals surface area contributed by atoms with Crippen LogP contribution in [0.5, 0.6) is 0 Å². The molecule has 1 aromatic carbocycles. The number of thiocarbonyl (C=S) groups is 1. The van der Waals surface area contributed by atoms with Crippen LogP contribution in [0.15, 0.2) is 23.2 Å². The Morgan fingerprint density at radius 1 is 1.29 bits per heavy atom. The Morgan fingerprint density at radius 2 is 2.00 bits per heavy atom. The molecule has 0 amide bonds. The van der Waals surface area contributed by atoms with Gasteiger partial charge in [0.2, 0.25) is 0 Å². The number of aliphatic imine (C=N–C) groups is 1. The number of alkyl halides is 3. The van der Waals surface area contributed by atoms with Gasteiger partial charge in [-0.15, -0.1) is 0 Å². The van der Waals surface area contributed by atoms with Gasteiger partial charge in [-0.3, -0.25) is 4.90 Å². The monoisotopic (exact) mass is 314 g/mol. The standard InChI is InChI=1S/C14H13F3N2OS/c15-14(16,17)11-1-10(2-12(3-11)18-9-21)4-19-5-13(6-19)7-20-8-13/h1-3H,4-8H2. The Balaban J connectivity index is 1.77. The molecule has 112 valence electrons. The van der Waals surface area contributed by atoms with Gasteiger partial charge in [-0.05, 0) is 36.0 Å². The van der Waals surface area contributed by atoms with Crippen LogP contribution in [0.1, 0.15) is 11.1 Å². The SMILES string of the molecule is FC(F)(F)c1cc(CN2CC3(COC3)C2)cc(N=C=S)c1. The quantitative estimate of drug-likeness (QED) is 0.632. The van der Waals surface area contributed by atoms with Gasteiger partial charge >= 0.3 is 6.18 Å². The maximum atomic E-state index is 12.9. The van der Waals surface area contributed by atoms with E-state index in [-0.39, 0.29) is 11.1 Å². The van der Waals surface area contributed by atoms with E-state index in [1.807, 2.05) is 0 Å². The molecule has 7 heteroatoms. The van der Waals surface area contributed by atoms with Gasteiger partial charge in [0, 0.05) is 25.0 Å². The van der Waals surface area contributed by atoms with Crippen molar-refractivity contribution in [2.24, 2.45) is 10.4 Å². The van der Waals surface area contributed by atoms with Crippen LogP contribution in [0.3, 0.4) is 0 Å². The molecule has 3 rings (SSSR count). The Labute approximate surface area is 125 Å². The smallest absolute Gasteiger partial charge is 0.380 e. The van der Waals surface area contributed by atoms with Crippen molar-refractivity contribution >= 4 is 23.1 Å². The minimum absolute atomic E-state index is 0.192. The van der Waals surface area contributed by atoms with Gasteiger partial charge < -0.3 is 4.74 Å². The fraction of sp³-hybridized carbons (Fsp3) is 0.500. The van der Waals surface area contributed by atoms with Gasteiger partial charge in [0.15, 0.2) is 0 Å². The lowest BCUT2D eigenvalue weighted by Gasteiger charge is -2.55. The van der Waals surface area contributed by atoms with Crippen molar-refractivity contribution in [1.29, 1.82) is 0 Å². The average molecular weight is 314 g/mol. The van der Waals surface area contributed by atoms with Gasteiger partial charge in [-0.2, -0.15) is 18.2 Å². The fourth-order valence-electron chi connectivity index (χ4n) is 2.89. The topological polar surface area (TPSA) is 24.8 Å². The third-order valence-corrected chi connectivity index (χ3v) is 3.91. The highest BCUT2D eigenvalue weighted by molar-refractivity contribution is 7.78. The van der Waals surface area contributed by atoms with Crippen LogP contribution in [0.25, 0.3) is 0 Å². The van der Waals surface area contributed by atoms with Crippen LogP contribution < -0.4 is 0 Å². The number of isothiocyanates is 1. The second-order valence-corrected chi connectivity index (χ2v) is 5.91. The van der Waals surface area contributed by atoms with E-state index < -0.39 is 11.7 Å². The molecule has 1 aromatic rings. The van der Waals surface area contributed by atoms with Crippen LogP contribution in [0.2, 0.25) is 0 Å². The Kier molecular flexibility index (Phi) is 3.61.